The summed E-state index contributed by atoms with van der Waals surface area (Å²) in [7, 11) is 4.72. The van der Waals surface area contributed by atoms with Gasteiger partial charge in [-0.1, -0.05) is 18.7 Å². The molecule has 0 aliphatic rings. The molecule has 0 atom stereocenters. The van der Waals surface area contributed by atoms with Gasteiger partial charge in [-0.15, -0.1) is 0 Å². The third kappa shape index (κ3) is 3.68. The summed E-state index contributed by atoms with van der Waals surface area (Å²) in [6.45, 7) is 5.63. The molecule has 0 aromatic heterocycles. The van der Waals surface area contributed by atoms with Crippen molar-refractivity contribution in [2.45, 2.75) is 6.92 Å². The molecule has 0 saturated carbocycles. The molecule has 0 fully saturated rings. The lowest BCUT2D eigenvalue weighted by atomic mass is 9.98. The van der Waals surface area contributed by atoms with E-state index in [2.05, 4.69) is 11.9 Å². The summed E-state index contributed by atoms with van der Waals surface area (Å²) in [6.07, 6.45) is 0. The van der Waals surface area contributed by atoms with Crippen molar-refractivity contribution in [2.75, 3.05) is 26.6 Å². The van der Waals surface area contributed by atoms with E-state index in [1.54, 1.807) is 21.3 Å². The van der Waals surface area contributed by atoms with Gasteiger partial charge in [0.15, 0.2) is 11.5 Å². The molecule has 0 saturated heterocycles. The van der Waals surface area contributed by atoms with Crippen molar-refractivity contribution in [1.29, 1.82) is 0 Å². The number of hydrogen-bond donors (Lipinski definition) is 1. The summed E-state index contributed by atoms with van der Waals surface area (Å²) in [4.78, 5) is 11.1. The van der Waals surface area contributed by atoms with Crippen LogP contribution in [0.2, 0.25) is 0 Å². The van der Waals surface area contributed by atoms with Crippen molar-refractivity contribution in [3.63, 3.8) is 0 Å². The fraction of sp³-hybridized carbons (Fsp3) is 0.211. The van der Waals surface area contributed by atoms with E-state index in [-0.39, 0.29) is 5.91 Å². The van der Waals surface area contributed by atoms with E-state index in [9.17, 15) is 4.79 Å². The number of nitrogens with one attached hydrogen (secondary N) is 1. The van der Waals surface area contributed by atoms with Crippen molar-refractivity contribution in [3.05, 3.63) is 54.1 Å². The number of amides is 1. The molecular weight excluding hydrogens is 306 g/mol. The Kier molecular flexibility index (Phi) is 5.47. The average Bonchev–Trinajstić information content (AvgIpc) is 2.59. The van der Waals surface area contributed by atoms with Crippen LogP contribution in [0, 0.1) is 0 Å². The molecule has 0 aliphatic carbocycles. The highest BCUT2D eigenvalue weighted by atomic mass is 16.5. The molecule has 5 nitrogen and oxygen atoms in total. The summed E-state index contributed by atoms with van der Waals surface area (Å²) >= 11 is 0. The molecule has 0 bridgehead atoms. The molecular formula is C19H21NO4. The monoisotopic (exact) mass is 327 g/mol. The Bertz CT molecular complexity index is 725. The standard InChI is InChI=1S/C19H21NO4/c1-12(14-6-8-16(9-7-14)20-13(2)21)15-10-17(22-3)19(24-5)18(11-15)23-4/h6-11H,1H2,2-5H3,(H,20,21). The number of benzene rings is 2. The second-order valence-electron chi connectivity index (χ2n) is 5.15. The van der Waals surface area contributed by atoms with Crippen LogP contribution >= 0.6 is 0 Å². The minimum Gasteiger partial charge on any atom is -0.493 e. The van der Waals surface area contributed by atoms with Crippen LogP contribution in [0.25, 0.3) is 5.57 Å². The number of carbonyl (C=O) groups excluding carboxylic acids is 1. The number of carbonyl (C=O) groups is 1. The lowest BCUT2D eigenvalue weighted by molar-refractivity contribution is -0.114. The Labute approximate surface area is 141 Å². The quantitative estimate of drug-likeness (QED) is 0.878. The summed E-state index contributed by atoms with van der Waals surface area (Å²) < 4.78 is 16.1. The molecule has 1 amide bonds. The number of methoxy groups -OCH3 is 3. The Balaban J connectivity index is 2.37. The van der Waals surface area contributed by atoms with Crippen LogP contribution in [0.3, 0.4) is 0 Å². The van der Waals surface area contributed by atoms with Crippen LogP contribution in [0.1, 0.15) is 18.1 Å². The topological polar surface area (TPSA) is 56.8 Å². The normalized spacial score (nSPS) is 10.0. The van der Waals surface area contributed by atoms with Crippen LogP contribution in [-0.2, 0) is 4.79 Å². The predicted molar refractivity (Wildman–Crippen MR) is 95.0 cm³/mol. The van der Waals surface area contributed by atoms with E-state index in [0.717, 1.165) is 22.4 Å². The zero-order valence-electron chi connectivity index (χ0n) is 14.3. The Hall–Kier alpha value is -2.95. The van der Waals surface area contributed by atoms with Gasteiger partial charge >= 0.3 is 0 Å². The molecule has 2 aromatic carbocycles. The number of ether oxygens (including phenoxy) is 3. The summed E-state index contributed by atoms with van der Waals surface area (Å²) in [5, 5.41) is 2.74. The van der Waals surface area contributed by atoms with Crippen molar-refractivity contribution in [3.8, 4) is 17.2 Å². The van der Waals surface area contributed by atoms with Gasteiger partial charge in [0.25, 0.3) is 0 Å². The zero-order chi connectivity index (χ0) is 17.7. The van der Waals surface area contributed by atoms with E-state index in [1.165, 1.54) is 6.92 Å². The second kappa shape index (κ2) is 7.55. The van der Waals surface area contributed by atoms with Crippen LogP contribution < -0.4 is 19.5 Å². The van der Waals surface area contributed by atoms with E-state index in [1.807, 2.05) is 36.4 Å². The number of anilines is 1. The Morgan fingerprint density at radius 3 is 1.88 bits per heavy atom. The van der Waals surface area contributed by atoms with Crippen LogP contribution in [0.4, 0.5) is 5.69 Å². The van der Waals surface area contributed by atoms with Gasteiger partial charge < -0.3 is 19.5 Å². The van der Waals surface area contributed by atoms with Crippen molar-refractivity contribution >= 4 is 17.2 Å². The fourth-order valence-electron chi connectivity index (χ4n) is 2.38. The lowest BCUT2D eigenvalue weighted by Crippen LogP contribution is -2.05. The van der Waals surface area contributed by atoms with Gasteiger partial charge in [-0.25, -0.2) is 0 Å². The molecule has 0 aliphatic heterocycles. The molecule has 2 rings (SSSR count). The highest BCUT2D eigenvalue weighted by Gasteiger charge is 2.15. The van der Waals surface area contributed by atoms with Gasteiger partial charge in [-0.3, -0.25) is 4.79 Å². The van der Waals surface area contributed by atoms with Crippen molar-refractivity contribution in [2.24, 2.45) is 0 Å². The first kappa shape index (κ1) is 17.4. The van der Waals surface area contributed by atoms with Crippen LogP contribution in [0.15, 0.2) is 43.0 Å². The molecule has 1 N–H and O–H groups in total. The van der Waals surface area contributed by atoms with Crippen LogP contribution in [-0.4, -0.2) is 27.2 Å². The molecule has 0 spiro atoms. The Morgan fingerprint density at radius 2 is 1.46 bits per heavy atom. The first-order chi connectivity index (χ1) is 11.5. The summed E-state index contributed by atoms with van der Waals surface area (Å²) in [5.41, 5.74) is 3.34. The van der Waals surface area contributed by atoms with E-state index >= 15 is 0 Å². The van der Waals surface area contributed by atoms with Crippen molar-refractivity contribution < 1.29 is 19.0 Å². The molecule has 5 heteroatoms. The SMILES string of the molecule is C=C(c1ccc(NC(C)=O)cc1)c1cc(OC)c(OC)c(OC)c1. The van der Waals surface area contributed by atoms with Gasteiger partial charge in [-0.2, -0.15) is 0 Å². The maximum absolute atomic E-state index is 11.1. The largest absolute Gasteiger partial charge is 0.493 e. The van der Waals surface area contributed by atoms with Gasteiger partial charge in [0, 0.05) is 12.6 Å². The minimum absolute atomic E-state index is 0.105. The zero-order valence-corrected chi connectivity index (χ0v) is 14.3. The van der Waals surface area contributed by atoms with Crippen molar-refractivity contribution in [1.82, 2.24) is 0 Å². The molecule has 126 valence electrons. The third-order valence-corrected chi connectivity index (χ3v) is 3.57. The number of hydrogen-bond acceptors (Lipinski definition) is 4. The highest BCUT2D eigenvalue weighted by Crippen LogP contribution is 2.40. The molecule has 0 heterocycles. The first-order valence-electron chi connectivity index (χ1n) is 7.37. The van der Waals surface area contributed by atoms with E-state index < -0.39 is 0 Å². The first-order valence-corrected chi connectivity index (χ1v) is 7.37. The van der Waals surface area contributed by atoms with Crippen LogP contribution in [0.5, 0.6) is 17.2 Å². The Morgan fingerprint density at radius 1 is 0.917 bits per heavy atom. The molecule has 2 aromatic rings. The van der Waals surface area contributed by atoms with Gasteiger partial charge in [-0.05, 0) is 41.0 Å². The maximum atomic E-state index is 11.1. The van der Waals surface area contributed by atoms with Gasteiger partial charge in [0.05, 0.1) is 21.3 Å². The van der Waals surface area contributed by atoms with E-state index in [4.69, 9.17) is 14.2 Å². The minimum atomic E-state index is -0.105. The number of rotatable bonds is 6. The average molecular weight is 327 g/mol. The van der Waals surface area contributed by atoms with Gasteiger partial charge in [0.1, 0.15) is 0 Å². The van der Waals surface area contributed by atoms with Gasteiger partial charge in [0.2, 0.25) is 11.7 Å². The maximum Gasteiger partial charge on any atom is 0.221 e. The molecule has 24 heavy (non-hydrogen) atoms. The molecule has 0 unspecified atom stereocenters. The summed E-state index contributed by atoms with van der Waals surface area (Å²) in [5.74, 6) is 1.58. The predicted octanol–water partition coefficient (Wildman–Crippen LogP) is 3.73. The summed E-state index contributed by atoms with van der Waals surface area (Å²) in [6, 6.07) is 11.2. The lowest BCUT2D eigenvalue weighted by Gasteiger charge is -2.15. The second-order valence-corrected chi connectivity index (χ2v) is 5.15. The smallest absolute Gasteiger partial charge is 0.221 e. The fourth-order valence-corrected chi connectivity index (χ4v) is 2.38. The van der Waals surface area contributed by atoms with E-state index in [0.29, 0.717) is 17.2 Å². The highest BCUT2D eigenvalue weighted by molar-refractivity contribution is 5.89. The molecule has 0 radical (unpaired) electrons. The third-order valence-electron chi connectivity index (χ3n) is 3.57.